The zero-order valence-electron chi connectivity index (χ0n) is 5.39. The van der Waals surface area contributed by atoms with E-state index in [2.05, 4.69) is 0 Å². The van der Waals surface area contributed by atoms with Gasteiger partial charge in [-0.25, -0.2) is 0 Å². The molecular weight excluding hydrogens is 142 g/mol. The number of aliphatic hydroxyl groups excluding tert-OH is 1. The molecule has 0 saturated heterocycles. The Labute approximate surface area is 56.9 Å². The highest BCUT2D eigenvalue weighted by Gasteiger charge is 2.39. The van der Waals surface area contributed by atoms with Crippen LogP contribution in [0.5, 0.6) is 0 Å². The maximum absolute atomic E-state index is 9.88. The van der Waals surface area contributed by atoms with Crippen molar-refractivity contribution in [2.45, 2.75) is 18.8 Å². The summed E-state index contributed by atoms with van der Waals surface area (Å²) in [5, 5.41) is 35.3. The fraction of sp³-hybridized carbons (Fsp3) is 1.00. The smallest absolute Gasteiger partial charge is 0.265 e. The van der Waals surface area contributed by atoms with Gasteiger partial charge >= 0.3 is 0 Å². The zero-order chi connectivity index (χ0) is 8.36. The van der Waals surface area contributed by atoms with Gasteiger partial charge < -0.3 is 15.3 Å². The van der Waals surface area contributed by atoms with Gasteiger partial charge in [0, 0.05) is 11.8 Å². The second-order valence-corrected chi connectivity index (χ2v) is 2.00. The van der Waals surface area contributed by atoms with Crippen LogP contribution in [0.15, 0.2) is 0 Å². The maximum Gasteiger partial charge on any atom is 0.265 e. The van der Waals surface area contributed by atoms with Crippen molar-refractivity contribution in [1.29, 1.82) is 0 Å². The summed E-state index contributed by atoms with van der Waals surface area (Å²) in [4.78, 5) is 9.00. The zero-order valence-corrected chi connectivity index (χ0v) is 5.39. The minimum Gasteiger partial charge on any atom is -0.390 e. The Hall–Kier alpha value is -0.720. The number of hydrogen-bond donors (Lipinski definition) is 3. The van der Waals surface area contributed by atoms with Gasteiger partial charge in [0.2, 0.25) is 0 Å². The van der Waals surface area contributed by atoms with E-state index in [4.69, 9.17) is 15.3 Å². The highest BCUT2D eigenvalue weighted by molar-refractivity contribution is 4.69. The van der Waals surface area contributed by atoms with E-state index in [1.165, 1.54) is 0 Å². The van der Waals surface area contributed by atoms with Crippen LogP contribution in [-0.2, 0) is 0 Å². The summed E-state index contributed by atoms with van der Waals surface area (Å²) in [7, 11) is 0. The van der Waals surface area contributed by atoms with Crippen molar-refractivity contribution in [2.75, 3.05) is 6.61 Å². The molecule has 0 aromatic heterocycles. The van der Waals surface area contributed by atoms with Crippen molar-refractivity contribution in [3.05, 3.63) is 10.1 Å². The first-order valence-corrected chi connectivity index (χ1v) is 2.61. The third kappa shape index (κ3) is 1.90. The van der Waals surface area contributed by atoms with Crippen molar-refractivity contribution in [1.82, 2.24) is 0 Å². The van der Waals surface area contributed by atoms with Gasteiger partial charge in [0.25, 0.3) is 11.8 Å². The first-order chi connectivity index (χ1) is 4.41. The van der Waals surface area contributed by atoms with Gasteiger partial charge in [-0.2, -0.15) is 0 Å². The van der Waals surface area contributed by atoms with Crippen LogP contribution in [0.2, 0.25) is 0 Å². The minimum absolute atomic E-state index is 0.879. The highest BCUT2D eigenvalue weighted by atomic mass is 16.6. The van der Waals surface area contributed by atoms with E-state index in [0.717, 1.165) is 6.92 Å². The molecule has 0 aliphatic carbocycles. The topological polar surface area (TPSA) is 104 Å². The molecule has 0 aliphatic rings. The van der Waals surface area contributed by atoms with Crippen molar-refractivity contribution in [3.63, 3.8) is 0 Å². The molecule has 0 aliphatic heterocycles. The van der Waals surface area contributed by atoms with Gasteiger partial charge in [-0.1, -0.05) is 0 Å². The molecule has 0 fully saturated rings. The Kier molecular flexibility index (Phi) is 2.70. The van der Waals surface area contributed by atoms with E-state index >= 15 is 0 Å². The number of aliphatic hydroxyl groups is 3. The van der Waals surface area contributed by atoms with Crippen LogP contribution in [-0.4, -0.2) is 38.7 Å². The Morgan fingerprint density at radius 1 is 1.70 bits per heavy atom. The van der Waals surface area contributed by atoms with Crippen molar-refractivity contribution < 1.29 is 20.2 Å². The fourth-order valence-corrected chi connectivity index (χ4v) is 0.301. The second-order valence-electron chi connectivity index (χ2n) is 2.00. The van der Waals surface area contributed by atoms with E-state index in [-0.39, 0.29) is 0 Å². The molecule has 6 heteroatoms. The maximum atomic E-state index is 9.88. The first-order valence-electron chi connectivity index (χ1n) is 2.61. The molecule has 1 unspecified atom stereocenters. The minimum atomic E-state index is -2.62. The van der Waals surface area contributed by atoms with Crippen LogP contribution in [0.25, 0.3) is 0 Å². The number of hydrogen-bond acceptors (Lipinski definition) is 5. The fourth-order valence-electron chi connectivity index (χ4n) is 0.301. The molecule has 0 spiro atoms. The molecule has 0 bridgehead atoms. The summed E-state index contributed by atoms with van der Waals surface area (Å²) in [6, 6.07) is -1.59. The largest absolute Gasteiger partial charge is 0.390 e. The number of rotatable bonds is 3. The molecule has 6 nitrogen and oxygen atoms in total. The van der Waals surface area contributed by atoms with Gasteiger partial charge in [-0.15, -0.1) is 0 Å². The molecule has 0 amide bonds. The summed E-state index contributed by atoms with van der Waals surface area (Å²) in [5.41, 5.74) is 0. The molecule has 0 saturated carbocycles. The molecule has 10 heavy (non-hydrogen) atoms. The lowest BCUT2D eigenvalue weighted by molar-refractivity contribution is -0.560. The molecule has 0 radical (unpaired) electrons. The normalized spacial score (nSPS) is 14.8. The first kappa shape index (κ1) is 9.28. The van der Waals surface area contributed by atoms with Crippen LogP contribution in [0.4, 0.5) is 0 Å². The summed E-state index contributed by atoms with van der Waals surface area (Å²) >= 11 is 0. The average Bonchev–Trinajstić information content (AvgIpc) is 1.86. The summed E-state index contributed by atoms with van der Waals surface area (Å²) in [6.45, 7) is -0.0502. The predicted octanol–water partition coefficient (Wildman–Crippen LogP) is -1.68. The molecule has 0 aromatic carbocycles. The molecule has 60 valence electrons. The monoisotopic (exact) mass is 151 g/mol. The van der Waals surface area contributed by atoms with Gasteiger partial charge in [-0.3, -0.25) is 10.1 Å². The Balaban J connectivity index is 4.17. The summed E-state index contributed by atoms with van der Waals surface area (Å²) < 4.78 is 0. The number of nitro groups is 1. The van der Waals surface area contributed by atoms with Crippen molar-refractivity contribution in [2.24, 2.45) is 0 Å². The summed E-state index contributed by atoms with van der Waals surface area (Å²) in [6.07, 6.45) is 0. The molecule has 1 atom stereocenters. The standard InChI is InChI=1S/C4H9NO5/c1-3(5(9)10)4(7,8)2-6/h3,6-8H,2H2,1H3. The third-order valence-corrected chi connectivity index (χ3v) is 1.22. The lowest BCUT2D eigenvalue weighted by atomic mass is 10.1. The predicted molar refractivity (Wildman–Crippen MR) is 30.7 cm³/mol. The van der Waals surface area contributed by atoms with E-state index in [0.29, 0.717) is 0 Å². The quantitative estimate of drug-likeness (QED) is 0.254. The highest BCUT2D eigenvalue weighted by Crippen LogP contribution is 2.07. The molecule has 3 N–H and O–H groups in total. The third-order valence-electron chi connectivity index (χ3n) is 1.22. The van der Waals surface area contributed by atoms with Gasteiger partial charge in [0.1, 0.15) is 6.61 Å². The van der Waals surface area contributed by atoms with Crippen molar-refractivity contribution >= 4 is 0 Å². The summed E-state index contributed by atoms with van der Waals surface area (Å²) in [5.74, 6) is -2.62. The van der Waals surface area contributed by atoms with E-state index in [1.807, 2.05) is 0 Å². The molecule has 0 rings (SSSR count). The number of nitrogens with zero attached hydrogens (tertiary/aromatic N) is 1. The van der Waals surface area contributed by atoms with Crippen molar-refractivity contribution in [3.8, 4) is 0 Å². The van der Waals surface area contributed by atoms with Crippen LogP contribution in [0.1, 0.15) is 6.92 Å². The SMILES string of the molecule is CC([N+](=O)[O-])C(O)(O)CO. The lowest BCUT2D eigenvalue weighted by Crippen LogP contribution is -2.48. The van der Waals surface area contributed by atoms with Gasteiger partial charge in [0.15, 0.2) is 0 Å². The Bertz CT molecular complexity index is 134. The van der Waals surface area contributed by atoms with E-state index < -0.39 is 23.4 Å². The second kappa shape index (κ2) is 2.91. The average molecular weight is 151 g/mol. The van der Waals surface area contributed by atoms with Crippen LogP contribution < -0.4 is 0 Å². The Morgan fingerprint density at radius 3 is 2.20 bits per heavy atom. The van der Waals surface area contributed by atoms with Crippen LogP contribution in [0.3, 0.4) is 0 Å². The van der Waals surface area contributed by atoms with E-state index in [1.54, 1.807) is 0 Å². The lowest BCUT2D eigenvalue weighted by Gasteiger charge is -2.18. The molecule has 0 heterocycles. The van der Waals surface area contributed by atoms with Crippen LogP contribution in [0, 0.1) is 10.1 Å². The molecular formula is C4H9NO5. The van der Waals surface area contributed by atoms with Crippen LogP contribution >= 0.6 is 0 Å². The molecule has 0 aromatic rings. The van der Waals surface area contributed by atoms with E-state index in [9.17, 15) is 10.1 Å². The van der Waals surface area contributed by atoms with Gasteiger partial charge in [-0.05, 0) is 0 Å². The Morgan fingerprint density at radius 2 is 2.10 bits per heavy atom. The van der Waals surface area contributed by atoms with Gasteiger partial charge in [0.05, 0.1) is 0 Å².